The average Bonchev–Trinajstić information content (AvgIpc) is 2.31. The van der Waals surface area contributed by atoms with Crippen LogP contribution in [0.5, 0.6) is 0 Å². The number of carbonyl (C=O) groups is 2. The monoisotopic (exact) mass is 219 g/mol. The summed E-state index contributed by atoms with van der Waals surface area (Å²) in [6.07, 6.45) is 1.42. The van der Waals surface area contributed by atoms with Gasteiger partial charge in [0.2, 0.25) is 0 Å². The molecule has 0 aliphatic heterocycles. The minimum Gasteiger partial charge on any atom is -0.465 e. The first-order valence-corrected chi connectivity index (χ1v) is 4.80. The Hall–Kier alpha value is -2.10. The Kier molecular flexibility index (Phi) is 4.27. The number of ether oxygens (including phenoxy) is 1. The standard InChI is InChI=1S/C12H13NO3/c1-3-10(12(15)16-2)11(14)13-9-7-5-4-6-8-9/h3-8H,1-2H3,(H,13,14)/b10-3+. The van der Waals surface area contributed by atoms with Crippen LogP contribution in [-0.4, -0.2) is 19.0 Å². The van der Waals surface area contributed by atoms with Gasteiger partial charge in [-0.25, -0.2) is 4.79 Å². The number of anilines is 1. The number of hydrogen-bond donors (Lipinski definition) is 1. The molecule has 0 heterocycles. The molecule has 0 aliphatic carbocycles. The second kappa shape index (κ2) is 5.70. The molecule has 0 bridgehead atoms. The van der Waals surface area contributed by atoms with Gasteiger partial charge in [-0.3, -0.25) is 4.79 Å². The Balaban J connectivity index is 2.76. The molecule has 0 radical (unpaired) electrons. The van der Waals surface area contributed by atoms with E-state index in [9.17, 15) is 9.59 Å². The van der Waals surface area contributed by atoms with E-state index in [2.05, 4.69) is 10.1 Å². The summed E-state index contributed by atoms with van der Waals surface area (Å²) in [6, 6.07) is 8.91. The highest BCUT2D eigenvalue weighted by Gasteiger charge is 2.17. The van der Waals surface area contributed by atoms with E-state index in [4.69, 9.17) is 0 Å². The van der Waals surface area contributed by atoms with Crippen molar-refractivity contribution in [3.63, 3.8) is 0 Å². The maximum absolute atomic E-state index is 11.7. The van der Waals surface area contributed by atoms with Crippen molar-refractivity contribution >= 4 is 17.6 Å². The second-order valence-electron chi connectivity index (χ2n) is 3.01. The Bertz CT molecular complexity index is 410. The Morgan fingerprint density at radius 3 is 2.38 bits per heavy atom. The zero-order valence-electron chi connectivity index (χ0n) is 9.19. The number of allylic oxidation sites excluding steroid dienone is 1. The van der Waals surface area contributed by atoms with E-state index in [0.717, 1.165) is 0 Å². The molecule has 0 spiro atoms. The fourth-order valence-corrected chi connectivity index (χ4v) is 1.17. The molecule has 0 atom stereocenters. The number of para-hydroxylation sites is 1. The quantitative estimate of drug-likeness (QED) is 0.364. The van der Waals surface area contributed by atoms with Crippen LogP contribution < -0.4 is 5.32 Å². The molecule has 1 aromatic carbocycles. The molecule has 16 heavy (non-hydrogen) atoms. The Morgan fingerprint density at radius 1 is 1.25 bits per heavy atom. The normalized spacial score (nSPS) is 10.8. The topological polar surface area (TPSA) is 55.4 Å². The minimum absolute atomic E-state index is 0.00801. The lowest BCUT2D eigenvalue weighted by Gasteiger charge is -2.06. The van der Waals surface area contributed by atoms with Crippen LogP contribution in [0.15, 0.2) is 42.0 Å². The molecule has 4 nitrogen and oxygen atoms in total. The van der Waals surface area contributed by atoms with Gasteiger partial charge in [0.15, 0.2) is 0 Å². The van der Waals surface area contributed by atoms with Crippen molar-refractivity contribution in [3.8, 4) is 0 Å². The van der Waals surface area contributed by atoms with E-state index >= 15 is 0 Å². The van der Waals surface area contributed by atoms with Crippen LogP contribution in [0.1, 0.15) is 6.92 Å². The number of rotatable bonds is 3. The smallest absolute Gasteiger partial charge is 0.343 e. The minimum atomic E-state index is -0.643. The van der Waals surface area contributed by atoms with Crippen LogP contribution in [0, 0.1) is 0 Å². The van der Waals surface area contributed by atoms with E-state index in [-0.39, 0.29) is 5.57 Å². The summed E-state index contributed by atoms with van der Waals surface area (Å²) in [5.74, 6) is -1.11. The molecule has 0 aliphatic rings. The van der Waals surface area contributed by atoms with E-state index in [1.54, 1.807) is 31.2 Å². The molecule has 1 amide bonds. The van der Waals surface area contributed by atoms with Gasteiger partial charge in [-0.05, 0) is 19.1 Å². The van der Waals surface area contributed by atoms with Gasteiger partial charge < -0.3 is 10.1 Å². The van der Waals surface area contributed by atoms with Gasteiger partial charge in [-0.1, -0.05) is 24.3 Å². The summed E-state index contributed by atoms with van der Waals surface area (Å²) < 4.78 is 4.49. The first-order chi connectivity index (χ1) is 7.69. The van der Waals surface area contributed by atoms with Gasteiger partial charge in [0.25, 0.3) is 5.91 Å². The molecule has 1 rings (SSSR count). The van der Waals surface area contributed by atoms with Crippen LogP contribution in [0.25, 0.3) is 0 Å². The highest BCUT2D eigenvalue weighted by molar-refractivity contribution is 6.20. The fourth-order valence-electron chi connectivity index (χ4n) is 1.17. The van der Waals surface area contributed by atoms with Crippen molar-refractivity contribution in [2.24, 2.45) is 0 Å². The highest BCUT2D eigenvalue weighted by Crippen LogP contribution is 2.08. The molecule has 4 heteroatoms. The van der Waals surface area contributed by atoms with E-state index in [1.807, 2.05) is 6.07 Å². The number of esters is 1. The molecule has 0 saturated heterocycles. The Labute approximate surface area is 93.9 Å². The lowest BCUT2D eigenvalue weighted by molar-refractivity contribution is -0.137. The highest BCUT2D eigenvalue weighted by atomic mass is 16.5. The van der Waals surface area contributed by atoms with Crippen LogP contribution in [0.2, 0.25) is 0 Å². The van der Waals surface area contributed by atoms with Crippen molar-refractivity contribution in [3.05, 3.63) is 42.0 Å². The van der Waals surface area contributed by atoms with Gasteiger partial charge >= 0.3 is 5.97 Å². The van der Waals surface area contributed by atoms with E-state index in [0.29, 0.717) is 5.69 Å². The van der Waals surface area contributed by atoms with E-state index in [1.165, 1.54) is 13.2 Å². The molecular weight excluding hydrogens is 206 g/mol. The van der Waals surface area contributed by atoms with Crippen molar-refractivity contribution in [1.29, 1.82) is 0 Å². The molecule has 0 aromatic heterocycles. The molecule has 1 N–H and O–H groups in total. The van der Waals surface area contributed by atoms with Gasteiger partial charge in [0.05, 0.1) is 7.11 Å². The number of nitrogens with one attached hydrogen (secondary N) is 1. The molecule has 1 aromatic rings. The third-order valence-electron chi connectivity index (χ3n) is 1.97. The van der Waals surface area contributed by atoms with Crippen LogP contribution in [-0.2, 0) is 14.3 Å². The summed E-state index contributed by atoms with van der Waals surface area (Å²) in [5, 5.41) is 2.60. The summed E-state index contributed by atoms with van der Waals surface area (Å²) in [7, 11) is 1.24. The molecule has 0 fully saturated rings. The molecule has 84 valence electrons. The SMILES string of the molecule is C/C=C(\C(=O)Nc1ccccc1)C(=O)OC. The van der Waals surface area contributed by atoms with Gasteiger partial charge in [-0.2, -0.15) is 0 Å². The molecule has 0 saturated carbocycles. The first-order valence-electron chi connectivity index (χ1n) is 4.80. The Morgan fingerprint density at radius 2 is 1.88 bits per heavy atom. The largest absolute Gasteiger partial charge is 0.465 e. The fraction of sp³-hybridized carbons (Fsp3) is 0.167. The average molecular weight is 219 g/mol. The number of hydrogen-bond acceptors (Lipinski definition) is 3. The third-order valence-corrected chi connectivity index (χ3v) is 1.97. The van der Waals surface area contributed by atoms with Gasteiger partial charge in [-0.15, -0.1) is 0 Å². The van der Waals surface area contributed by atoms with Crippen LogP contribution in [0.4, 0.5) is 5.69 Å². The van der Waals surface area contributed by atoms with Crippen molar-refractivity contribution in [2.45, 2.75) is 6.92 Å². The zero-order chi connectivity index (χ0) is 12.0. The summed E-state index contributed by atoms with van der Waals surface area (Å²) >= 11 is 0. The second-order valence-corrected chi connectivity index (χ2v) is 3.01. The molecular formula is C12H13NO3. The third kappa shape index (κ3) is 2.95. The summed E-state index contributed by atoms with van der Waals surface area (Å²) in [6.45, 7) is 1.61. The van der Waals surface area contributed by atoms with Gasteiger partial charge in [0, 0.05) is 5.69 Å². The van der Waals surface area contributed by atoms with Gasteiger partial charge in [0.1, 0.15) is 5.57 Å². The molecule has 0 unspecified atom stereocenters. The lowest BCUT2D eigenvalue weighted by atomic mass is 10.2. The van der Waals surface area contributed by atoms with Crippen molar-refractivity contribution in [1.82, 2.24) is 0 Å². The number of amides is 1. The van der Waals surface area contributed by atoms with E-state index < -0.39 is 11.9 Å². The maximum Gasteiger partial charge on any atom is 0.343 e. The first kappa shape index (κ1) is 12.0. The van der Waals surface area contributed by atoms with Crippen molar-refractivity contribution < 1.29 is 14.3 Å². The van der Waals surface area contributed by atoms with Crippen LogP contribution in [0.3, 0.4) is 0 Å². The predicted molar refractivity (Wildman–Crippen MR) is 60.8 cm³/mol. The predicted octanol–water partition coefficient (Wildman–Crippen LogP) is 1.74. The van der Waals surface area contributed by atoms with Crippen LogP contribution >= 0.6 is 0 Å². The maximum atomic E-state index is 11.7. The summed E-state index contributed by atoms with van der Waals surface area (Å²) in [4.78, 5) is 22.9. The zero-order valence-corrected chi connectivity index (χ0v) is 9.19. The van der Waals surface area contributed by atoms with Crippen molar-refractivity contribution in [2.75, 3.05) is 12.4 Å². The number of methoxy groups -OCH3 is 1. The summed E-state index contributed by atoms with van der Waals surface area (Å²) in [5.41, 5.74) is 0.627. The number of benzene rings is 1. The number of carbonyl (C=O) groups excluding carboxylic acids is 2. The lowest BCUT2D eigenvalue weighted by Crippen LogP contribution is -2.21.